The molecule has 1 atom stereocenters. The molecule has 4 aromatic rings. The number of imidazole rings is 1. The molecule has 0 bridgehead atoms. The fourth-order valence-corrected chi connectivity index (χ4v) is 4.71. The molecule has 0 amide bonds. The van der Waals surface area contributed by atoms with E-state index in [0.717, 1.165) is 17.0 Å². The van der Waals surface area contributed by atoms with Crippen molar-refractivity contribution >= 4 is 16.9 Å². The Morgan fingerprint density at radius 3 is 2.42 bits per heavy atom. The quantitative estimate of drug-likeness (QED) is 0.185. The van der Waals surface area contributed by atoms with Gasteiger partial charge < -0.3 is 20.7 Å². The van der Waals surface area contributed by atoms with Crippen LogP contribution in [0.15, 0.2) is 64.2 Å². The smallest absolute Gasteiger partial charge is 0.332 e. The maximum absolute atomic E-state index is 13.7. The van der Waals surface area contributed by atoms with E-state index in [0.29, 0.717) is 75.3 Å². The van der Waals surface area contributed by atoms with Gasteiger partial charge in [0.1, 0.15) is 5.82 Å². The number of aryl methyl sites for hydroxylation is 2. The number of rotatable bonds is 13. The number of benzene rings is 2. The molecule has 2 aromatic heterocycles. The van der Waals surface area contributed by atoms with Crippen molar-refractivity contribution in [3.05, 3.63) is 92.4 Å². The van der Waals surface area contributed by atoms with Gasteiger partial charge in [0.15, 0.2) is 11.2 Å². The number of aliphatic hydroxyl groups is 1. The number of nitrogens with two attached hydrogens (primary N) is 1. The van der Waals surface area contributed by atoms with Crippen molar-refractivity contribution in [2.75, 3.05) is 18.8 Å². The summed E-state index contributed by atoms with van der Waals surface area (Å²) in [6.07, 6.45) is 2.03. The largest absolute Gasteiger partial charge is 0.399 e. The monoisotopic (exact) mass is 518 g/mol. The summed E-state index contributed by atoms with van der Waals surface area (Å²) in [7, 11) is 0. The molecule has 2 heterocycles. The maximum Gasteiger partial charge on any atom is 0.332 e. The lowest BCUT2D eigenvalue weighted by molar-refractivity contribution is 0.167. The number of nitrogens with zero attached hydrogens (tertiary/aromatic N) is 4. The Morgan fingerprint density at radius 2 is 1.71 bits per heavy atom. The first-order valence-corrected chi connectivity index (χ1v) is 13.4. The van der Waals surface area contributed by atoms with E-state index in [1.165, 1.54) is 4.57 Å². The Labute approximate surface area is 222 Å². The molecule has 202 valence electrons. The highest BCUT2D eigenvalue weighted by molar-refractivity contribution is 5.71. The van der Waals surface area contributed by atoms with E-state index in [2.05, 4.69) is 5.32 Å². The molecular weight excluding hydrogens is 480 g/mol. The van der Waals surface area contributed by atoms with Crippen LogP contribution in [0.5, 0.6) is 0 Å². The van der Waals surface area contributed by atoms with E-state index in [4.69, 9.17) is 10.7 Å². The fraction of sp³-hybridized carbons (Fsp3) is 0.414. The summed E-state index contributed by atoms with van der Waals surface area (Å²) in [6.45, 7) is 6.13. The number of hydrogen-bond acceptors (Lipinski definition) is 6. The summed E-state index contributed by atoms with van der Waals surface area (Å²) in [5, 5.41) is 13.2. The molecule has 38 heavy (non-hydrogen) atoms. The zero-order valence-corrected chi connectivity index (χ0v) is 22.3. The summed E-state index contributed by atoms with van der Waals surface area (Å²) in [5.41, 5.74) is 8.92. The Bertz CT molecular complexity index is 1470. The van der Waals surface area contributed by atoms with Gasteiger partial charge >= 0.3 is 5.69 Å². The van der Waals surface area contributed by atoms with Crippen LogP contribution in [-0.4, -0.2) is 43.0 Å². The number of hydrogen-bond donors (Lipinski definition) is 3. The van der Waals surface area contributed by atoms with Crippen LogP contribution in [0.25, 0.3) is 11.2 Å². The molecule has 9 heteroatoms. The van der Waals surface area contributed by atoms with Crippen LogP contribution < -0.4 is 22.3 Å². The Hall–Kier alpha value is -3.69. The van der Waals surface area contributed by atoms with Crippen LogP contribution >= 0.6 is 0 Å². The Morgan fingerprint density at radius 1 is 0.947 bits per heavy atom. The van der Waals surface area contributed by atoms with Crippen LogP contribution in [0, 0.1) is 0 Å². The third-order valence-corrected chi connectivity index (χ3v) is 6.78. The van der Waals surface area contributed by atoms with Gasteiger partial charge in [-0.15, -0.1) is 0 Å². The highest BCUT2D eigenvalue weighted by Crippen LogP contribution is 2.17. The molecule has 0 aliphatic rings. The summed E-state index contributed by atoms with van der Waals surface area (Å²) in [5.74, 6) is 0.729. The van der Waals surface area contributed by atoms with Crippen molar-refractivity contribution in [3.63, 3.8) is 0 Å². The van der Waals surface area contributed by atoms with Gasteiger partial charge in [0.25, 0.3) is 5.56 Å². The average Bonchev–Trinajstić information content (AvgIpc) is 3.27. The zero-order valence-electron chi connectivity index (χ0n) is 22.3. The number of nitrogens with one attached hydrogen (secondary N) is 1. The highest BCUT2D eigenvalue weighted by atomic mass is 16.3. The number of aromatic nitrogens is 4. The minimum Gasteiger partial charge on any atom is -0.399 e. The van der Waals surface area contributed by atoms with Gasteiger partial charge in [-0.3, -0.25) is 13.9 Å². The van der Waals surface area contributed by atoms with Crippen molar-refractivity contribution < 1.29 is 5.11 Å². The second-order valence-corrected chi connectivity index (χ2v) is 9.67. The van der Waals surface area contributed by atoms with Gasteiger partial charge in [0.2, 0.25) is 0 Å². The van der Waals surface area contributed by atoms with Gasteiger partial charge in [-0.1, -0.05) is 56.3 Å². The fourth-order valence-electron chi connectivity index (χ4n) is 4.71. The van der Waals surface area contributed by atoms with Crippen LogP contribution in [0.3, 0.4) is 0 Å². The maximum atomic E-state index is 13.7. The number of anilines is 1. The van der Waals surface area contributed by atoms with E-state index in [1.54, 1.807) is 4.57 Å². The summed E-state index contributed by atoms with van der Waals surface area (Å²) >= 11 is 0. The minimum atomic E-state index is -0.419. The summed E-state index contributed by atoms with van der Waals surface area (Å²) in [4.78, 5) is 32.1. The molecule has 1 unspecified atom stereocenters. The first-order chi connectivity index (χ1) is 18.4. The van der Waals surface area contributed by atoms with Crippen molar-refractivity contribution in [1.29, 1.82) is 0 Å². The SMILES string of the molecule is CCCn1c(=O)c2c(nc(Cc3ccccc3)n2CCNCC(O)CC)n(CCc2cccc(N)c2)c1=O. The predicted molar refractivity (Wildman–Crippen MR) is 152 cm³/mol. The lowest BCUT2D eigenvalue weighted by Gasteiger charge is -2.14. The highest BCUT2D eigenvalue weighted by Gasteiger charge is 2.21. The van der Waals surface area contributed by atoms with Crippen molar-refractivity contribution in [2.24, 2.45) is 0 Å². The first-order valence-electron chi connectivity index (χ1n) is 13.4. The first kappa shape index (κ1) is 27.3. The Kier molecular flexibility index (Phi) is 9.15. The van der Waals surface area contributed by atoms with Crippen molar-refractivity contribution in [3.8, 4) is 0 Å². The lowest BCUT2D eigenvalue weighted by Crippen LogP contribution is -2.41. The molecule has 4 rings (SSSR count). The molecule has 0 fully saturated rings. The van der Waals surface area contributed by atoms with Crippen LogP contribution in [0.4, 0.5) is 5.69 Å². The topological polar surface area (TPSA) is 120 Å². The van der Waals surface area contributed by atoms with Gasteiger partial charge in [0.05, 0.1) is 6.10 Å². The second-order valence-electron chi connectivity index (χ2n) is 9.67. The summed E-state index contributed by atoms with van der Waals surface area (Å²) < 4.78 is 4.91. The minimum absolute atomic E-state index is 0.313. The van der Waals surface area contributed by atoms with Crippen LogP contribution in [0.2, 0.25) is 0 Å². The summed E-state index contributed by atoms with van der Waals surface area (Å²) in [6, 6.07) is 17.6. The van der Waals surface area contributed by atoms with E-state index >= 15 is 0 Å². The molecule has 0 aliphatic carbocycles. The van der Waals surface area contributed by atoms with Gasteiger partial charge in [-0.05, 0) is 42.5 Å². The number of fused-ring (bicyclic) bond motifs is 1. The van der Waals surface area contributed by atoms with E-state index in [9.17, 15) is 14.7 Å². The molecule has 9 nitrogen and oxygen atoms in total. The molecular formula is C29H38N6O3. The van der Waals surface area contributed by atoms with Gasteiger partial charge in [-0.25, -0.2) is 9.78 Å². The number of nitrogen functional groups attached to an aromatic ring is 1. The second kappa shape index (κ2) is 12.7. The standard InChI is InChI=1S/C29H38N6O3/c1-3-15-35-28(37)26-27(34(29(35)38)16-13-22-11-8-12-23(30)18-22)32-25(19-21-9-6-5-7-10-21)33(26)17-14-31-20-24(36)4-2/h5-12,18,24,31,36H,3-4,13-17,19-20,30H2,1-2H3. The van der Waals surface area contributed by atoms with Crippen molar-refractivity contribution in [1.82, 2.24) is 24.0 Å². The third kappa shape index (κ3) is 6.23. The van der Waals surface area contributed by atoms with E-state index in [1.807, 2.05) is 73.0 Å². The number of aliphatic hydroxyl groups excluding tert-OH is 1. The van der Waals surface area contributed by atoms with E-state index < -0.39 is 6.10 Å². The molecule has 4 N–H and O–H groups in total. The third-order valence-electron chi connectivity index (χ3n) is 6.78. The molecule has 0 radical (unpaired) electrons. The molecule has 2 aromatic carbocycles. The van der Waals surface area contributed by atoms with Gasteiger partial charge in [0, 0.05) is 44.8 Å². The van der Waals surface area contributed by atoms with E-state index in [-0.39, 0.29) is 11.2 Å². The predicted octanol–water partition coefficient (Wildman–Crippen LogP) is 2.55. The molecule has 0 saturated heterocycles. The molecule has 0 saturated carbocycles. The average molecular weight is 519 g/mol. The van der Waals surface area contributed by atoms with Gasteiger partial charge in [-0.2, -0.15) is 0 Å². The van der Waals surface area contributed by atoms with Crippen LogP contribution in [-0.2, 0) is 32.5 Å². The van der Waals surface area contributed by atoms with Crippen LogP contribution in [0.1, 0.15) is 43.6 Å². The molecule has 0 spiro atoms. The molecule has 0 aliphatic heterocycles. The Balaban J connectivity index is 1.81. The zero-order chi connectivity index (χ0) is 27.1. The normalized spacial score (nSPS) is 12.3. The lowest BCUT2D eigenvalue weighted by atomic mass is 10.1. The van der Waals surface area contributed by atoms with Crippen molar-refractivity contribution in [2.45, 2.75) is 65.3 Å².